The second-order valence-electron chi connectivity index (χ2n) is 5.12. The summed E-state index contributed by atoms with van der Waals surface area (Å²) >= 11 is 0. The molecule has 2 aliphatic rings. The van der Waals surface area contributed by atoms with Crippen molar-refractivity contribution in [3.63, 3.8) is 0 Å². The predicted molar refractivity (Wildman–Crippen MR) is 62.4 cm³/mol. The van der Waals surface area contributed by atoms with Crippen LogP contribution in [0.1, 0.15) is 39.0 Å². The smallest absolute Gasteiger partial charge is 0.410 e. The normalized spacial score (nSPS) is 25.2. The molecule has 1 heterocycles. The maximum absolute atomic E-state index is 11.9. The minimum Gasteiger partial charge on any atom is -0.443 e. The van der Waals surface area contributed by atoms with Gasteiger partial charge in [-0.25, -0.2) is 4.79 Å². The van der Waals surface area contributed by atoms with Crippen LogP contribution >= 0.6 is 0 Å². The molecule has 4 nitrogen and oxygen atoms in total. The van der Waals surface area contributed by atoms with Gasteiger partial charge < -0.3 is 15.0 Å². The fourth-order valence-electron chi connectivity index (χ4n) is 2.52. The third-order valence-corrected chi connectivity index (χ3v) is 3.62. The van der Waals surface area contributed by atoms with Gasteiger partial charge in [0.1, 0.15) is 5.60 Å². The molecule has 1 aliphatic heterocycles. The van der Waals surface area contributed by atoms with Crippen molar-refractivity contribution in [2.24, 2.45) is 0 Å². The van der Waals surface area contributed by atoms with E-state index in [-0.39, 0.29) is 11.7 Å². The zero-order valence-electron chi connectivity index (χ0n) is 10.1. The lowest BCUT2D eigenvalue weighted by atomic mass is 9.86. The van der Waals surface area contributed by atoms with E-state index >= 15 is 0 Å². The van der Waals surface area contributed by atoms with Gasteiger partial charge in [0.25, 0.3) is 0 Å². The number of hydrogen-bond donors (Lipinski definition) is 1. The van der Waals surface area contributed by atoms with Gasteiger partial charge in [-0.2, -0.15) is 0 Å². The molecule has 1 N–H and O–H groups in total. The van der Waals surface area contributed by atoms with Crippen LogP contribution in [0.5, 0.6) is 0 Å². The van der Waals surface area contributed by atoms with Crippen molar-refractivity contribution in [3.8, 4) is 0 Å². The highest BCUT2D eigenvalue weighted by molar-refractivity contribution is 5.68. The monoisotopic (exact) mass is 226 g/mol. The summed E-state index contributed by atoms with van der Waals surface area (Å²) in [6.07, 6.45) is 5.57. The van der Waals surface area contributed by atoms with Crippen LogP contribution in [-0.4, -0.2) is 42.8 Å². The van der Waals surface area contributed by atoms with Crippen LogP contribution in [0.2, 0.25) is 0 Å². The molecule has 0 aromatic heterocycles. The molecule has 1 saturated carbocycles. The van der Waals surface area contributed by atoms with Gasteiger partial charge in [-0.05, 0) is 32.6 Å². The number of carbonyl (C=O) groups is 1. The summed E-state index contributed by atoms with van der Waals surface area (Å²) in [5, 5.41) is 3.23. The lowest BCUT2D eigenvalue weighted by Gasteiger charge is -2.36. The summed E-state index contributed by atoms with van der Waals surface area (Å²) in [5.41, 5.74) is -0.208. The Hall–Kier alpha value is -0.770. The summed E-state index contributed by atoms with van der Waals surface area (Å²) < 4.78 is 5.68. The number of hydrogen-bond acceptors (Lipinski definition) is 3. The fourth-order valence-corrected chi connectivity index (χ4v) is 2.52. The first-order chi connectivity index (χ1) is 7.70. The molecule has 2 rings (SSSR count). The largest absolute Gasteiger partial charge is 0.443 e. The van der Waals surface area contributed by atoms with Gasteiger partial charge in [0, 0.05) is 26.2 Å². The van der Waals surface area contributed by atoms with E-state index < -0.39 is 0 Å². The molecule has 1 amide bonds. The van der Waals surface area contributed by atoms with Crippen molar-refractivity contribution in [3.05, 3.63) is 0 Å². The van der Waals surface area contributed by atoms with Crippen LogP contribution in [0.4, 0.5) is 4.79 Å². The van der Waals surface area contributed by atoms with Crippen LogP contribution in [0, 0.1) is 0 Å². The molecule has 2 fully saturated rings. The quantitative estimate of drug-likeness (QED) is 0.740. The molecule has 1 aliphatic carbocycles. The van der Waals surface area contributed by atoms with E-state index in [9.17, 15) is 4.79 Å². The van der Waals surface area contributed by atoms with E-state index in [1.165, 1.54) is 19.3 Å². The summed E-state index contributed by atoms with van der Waals surface area (Å²) in [5.74, 6) is 0. The Balaban J connectivity index is 1.85. The standard InChI is InChI=1S/C12H22N2O2/c1-12(5-3-2-4-6-12)16-11(15)14-9-7-13-8-10-14/h13H,2-10H2,1H3. The second-order valence-corrected chi connectivity index (χ2v) is 5.12. The van der Waals surface area contributed by atoms with E-state index in [4.69, 9.17) is 4.74 Å². The molecule has 0 radical (unpaired) electrons. The maximum atomic E-state index is 11.9. The molecule has 4 heteroatoms. The number of carbonyl (C=O) groups excluding carboxylic acids is 1. The highest BCUT2D eigenvalue weighted by Gasteiger charge is 2.32. The third-order valence-electron chi connectivity index (χ3n) is 3.62. The van der Waals surface area contributed by atoms with Crippen LogP contribution in [0.3, 0.4) is 0 Å². The fraction of sp³-hybridized carbons (Fsp3) is 0.917. The Morgan fingerprint density at radius 1 is 1.19 bits per heavy atom. The van der Waals surface area contributed by atoms with Gasteiger partial charge >= 0.3 is 6.09 Å². The Kier molecular flexibility index (Phi) is 3.69. The van der Waals surface area contributed by atoms with Crippen molar-refractivity contribution >= 4 is 6.09 Å². The van der Waals surface area contributed by atoms with Crippen molar-refractivity contribution < 1.29 is 9.53 Å². The third kappa shape index (κ3) is 2.88. The molecular weight excluding hydrogens is 204 g/mol. The minimum absolute atomic E-state index is 0.120. The lowest BCUT2D eigenvalue weighted by Crippen LogP contribution is -2.49. The van der Waals surface area contributed by atoms with Crippen LogP contribution in [0.15, 0.2) is 0 Å². The van der Waals surface area contributed by atoms with Crippen molar-refractivity contribution in [1.29, 1.82) is 0 Å². The van der Waals surface area contributed by atoms with E-state index in [1.807, 2.05) is 4.90 Å². The van der Waals surface area contributed by atoms with Crippen LogP contribution in [-0.2, 0) is 4.74 Å². The number of ether oxygens (including phenoxy) is 1. The molecular formula is C12H22N2O2. The van der Waals surface area contributed by atoms with E-state index in [1.54, 1.807) is 0 Å². The first kappa shape index (κ1) is 11.7. The number of rotatable bonds is 1. The Morgan fingerprint density at radius 3 is 2.44 bits per heavy atom. The van der Waals surface area contributed by atoms with Crippen LogP contribution < -0.4 is 5.32 Å². The van der Waals surface area contributed by atoms with Gasteiger partial charge in [0.05, 0.1) is 0 Å². The van der Waals surface area contributed by atoms with E-state index in [0.29, 0.717) is 0 Å². The SMILES string of the molecule is CC1(OC(=O)N2CCNCC2)CCCCC1. The molecule has 0 spiro atoms. The summed E-state index contributed by atoms with van der Waals surface area (Å²) in [6, 6.07) is 0. The summed E-state index contributed by atoms with van der Waals surface area (Å²) in [4.78, 5) is 13.8. The minimum atomic E-state index is -0.208. The van der Waals surface area contributed by atoms with E-state index in [2.05, 4.69) is 12.2 Å². The highest BCUT2D eigenvalue weighted by atomic mass is 16.6. The molecule has 0 unspecified atom stereocenters. The highest BCUT2D eigenvalue weighted by Crippen LogP contribution is 2.31. The van der Waals surface area contributed by atoms with E-state index in [0.717, 1.165) is 39.0 Å². The number of amides is 1. The van der Waals surface area contributed by atoms with Gasteiger partial charge in [-0.3, -0.25) is 0 Å². The topological polar surface area (TPSA) is 41.6 Å². The van der Waals surface area contributed by atoms with Crippen molar-refractivity contribution in [2.75, 3.05) is 26.2 Å². The average molecular weight is 226 g/mol. The lowest BCUT2D eigenvalue weighted by molar-refractivity contribution is -0.0220. The van der Waals surface area contributed by atoms with Gasteiger partial charge in [0.2, 0.25) is 0 Å². The summed E-state index contributed by atoms with van der Waals surface area (Å²) in [6.45, 7) is 5.38. The number of nitrogens with one attached hydrogen (secondary N) is 1. The molecule has 0 aromatic rings. The molecule has 92 valence electrons. The average Bonchev–Trinajstić information content (AvgIpc) is 2.30. The first-order valence-electron chi connectivity index (χ1n) is 6.38. The van der Waals surface area contributed by atoms with Crippen molar-refractivity contribution in [1.82, 2.24) is 10.2 Å². The van der Waals surface area contributed by atoms with Crippen molar-refractivity contribution in [2.45, 2.75) is 44.6 Å². The molecule has 1 saturated heterocycles. The molecule has 16 heavy (non-hydrogen) atoms. The Labute approximate surface area is 97.3 Å². The summed E-state index contributed by atoms with van der Waals surface area (Å²) in [7, 11) is 0. The first-order valence-corrected chi connectivity index (χ1v) is 6.38. The second kappa shape index (κ2) is 5.04. The number of piperazine rings is 1. The maximum Gasteiger partial charge on any atom is 0.410 e. The molecule has 0 atom stereocenters. The molecule has 0 aromatic carbocycles. The van der Waals surface area contributed by atoms with Gasteiger partial charge in [-0.1, -0.05) is 6.42 Å². The van der Waals surface area contributed by atoms with Gasteiger partial charge in [-0.15, -0.1) is 0 Å². The van der Waals surface area contributed by atoms with Crippen LogP contribution in [0.25, 0.3) is 0 Å². The van der Waals surface area contributed by atoms with Gasteiger partial charge in [0.15, 0.2) is 0 Å². The Bertz CT molecular complexity index is 243. The molecule has 0 bridgehead atoms. The predicted octanol–water partition coefficient (Wildman–Crippen LogP) is 1.75. The Morgan fingerprint density at radius 2 is 1.81 bits per heavy atom. The number of nitrogens with zero attached hydrogens (tertiary/aromatic N) is 1. The zero-order valence-corrected chi connectivity index (χ0v) is 10.1. The zero-order chi connectivity index (χ0) is 11.4.